The van der Waals surface area contributed by atoms with Gasteiger partial charge in [-0.05, 0) is 35.6 Å². The largest absolute Gasteiger partial charge is 0.481 e. The number of aryl methyl sites for hydroxylation is 1. The van der Waals surface area contributed by atoms with Gasteiger partial charge in [-0.25, -0.2) is 23.8 Å². The Kier molecular flexibility index (Phi) is 5.71. The average molecular weight is 485 g/mol. The second-order valence-corrected chi connectivity index (χ2v) is 9.75. The second-order valence-electron chi connectivity index (χ2n) is 7.99. The van der Waals surface area contributed by atoms with Crippen molar-refractivity contribution in [1.29, 1.82) is 0 Å². The highest BCUT2D eigenvalue weighted by Crippen LogP contribution is 2.39. The monoisotopic (exact) mass is 484 g/mol. The van der Waals surface area contributed by atoms with E-state index in [1.165, 1.54) is 18.0 Å². The molecular formula is C22H24N6O5S. The molecule has 2 atom stereocenters. The van der Waals surface area contributed by atoms with Gasteiger partial charge >= 0.3 is 6.03 Å². The van der Waals surface area contributed by atoms with Gasteiger partial charge in [-0.1, -0.05) is 12.1 Å². The van der Waals surface area contributed by atoms with E-state index in [-0.39, 0.29) is 16.9 Å². The smallest absolute Gasteiger partial charge is 0.354 e. The van der Waals surface area contributed by atoms with E-state index >= 15 is 0 Å². The van der Waals surface area contributed by atoms with E-state index in [4.69, 9.17) is 19.3 Å². The van der Waals surface area contributed by atoms with Crippen molar-refractivity contribution in [2.24, 2.45) is 9.50 Å². The van der Waals surface area contributed by atoms with Crippen molar-refractivity contribution < 1.29 is 23.2 Å². The lowest BCUT2D eigenvalue weighted by atomic mass is 9.84. The molecule has 2 aliphatic rings. The Morgan fingerprint density at radius 3 is 2.94 bits per heavy atom. The average Bonchev–Trinajstić information content (AvgIpc) is 3.35. The zero-order chi connectivity index (χ0) is 23.9. The summed E-state index contributed by atoms with van der Waals surface area (Å²) in [6.07, 6.45) is 4.41. The minimum Gasteiger partial charge on any atom is -0.481 e. The Labute approximate surface area is 196 Å². The highest BCUT2D eigenvalue weighted by molar-refractivity contribution is 7.91. The summed E-state index contributed by atoms with van der Waals surface area (Å²) in [5.41, 5.74) is 4.36. The Bertz CT molecular complexity index is 1390. The number of pyridine rings is 1. The summed E-state index contributed by atoms with van der Waals surface area (Å²) in [6, 6.07) is 6.75. The normalized spacial score (nSPS) is 17.6. The molecule has 3 aromatic rings. The van der Waals surface area contributed by atoms with Gasteiger partial charge in [-0.3, -0.25) is 0 Å². The molecule has 0 bridgehead atoms. The van der Waals surface area contributed by atoms with E-state index in [9.17, 15) is 9.00 Å². The molecule has 12 heteroatoms. The van der Waals surface area contributed by atoms with Crippen LogP contribution in [0.5, 0.6) is 11.8 Å². The van der Waals surface area contributed by atoms with Crippen LogP contribution in [0.1, 0.15) is 11.1 Å². The van der Waals surface area contributed by atoms with Gasteiger partial charge in [0.1, 0.15) is 11.0 Å². The Hall–Kier alpha value is -3.48. The van der Waals surface area contributed by atoms with Gasteiger partial charge in [0.15, 0.2) is 9.92 Å². The number of nitrogens with zero attached hydrogens (tertiary/aromatic N) is 4. The number of methoxy groups -OCH3 is 2. The Morgan fingerprint density at radius 1 is 1.35 bits per heavy atom. The number of amides is 2. The van der Waals surface area contributed by atoms with E-state index in [0.29, 0.717) is 24.7 Å². The number of carbonyl (C=O) groups excluding carboxylic acids is 1. The summed E-state index contributed by atoms with van der Waals surface area (Å²) < 4.78 is 34.7. The number of hydrogen-bond acceptors (Lipinski definition) is 7. The van der Waals surface area contributed by atoms with Crippen molar-refractivity contribution in [1.82, 2.24) is 14.8 Å². The van der Waals surface area contributed by atoms with Gasteiger partial charge < -0.3 is 19.5 Å². The quantitative estimate of drug-likeness (QED) is 0.547. The third-order valence-corrected chi connectivity index (χ3v) is 7.19. The molecule has 0 saturated carbocycles. The van der Waals surface area contributed by atoms with E-state index in [0.717, 1.165) is 35.1 Å². The number of nitrogens with two attached hydrogens (primary N) is 1. The lowest BCUT2D eigenvalue weighted by molar-refractivity contribution is 0.0920. The molecule has 3 heterocycles. The summed E-state index contributed by atoms with van der Waals surface area (Å²) in [5, 5.41) is 13.0. The summed E-state index contributed by atoms with van der Waals surface area (Å²) in [7, 11) is -0.509. The van der Waals surface area contributed by atoms with Crippen LogP contribution in [0.3, 0.4) is 0 Å². The standard InChI is InChI=1S/C22H24N6O5S/c1-31-12-15-11-28-21(33-15)18(10-25-28)34(23,30)27-22(29)26-20-16-5-3-13(16)4-6-17(20)14-7-8-24-19(9-14)32-2/h4,6-10,15H,3,5,11-12H2,1-2H3,(H3,23,26,27,29,30)/t15-,34+/m0/s1. The van der Waals surface area contributed by atoms with Crippen LogP contribution in [0.15, 0.2) is 45.9 Å². The third kappa shape index (κ3) is 4.00. The fraction of sp³-hybridized carbons (Fsp3) is 0.318. The molecule has 2 amide bonds. The lowest BCUT2D eigenvalue weighted by Crippen LogP contribution is -2.22. The highest BCUT2D eigenvalue weighted by Gasteiger charge is 2.31. The maximum absolute atomic E-state index is 13.2. The van der Waals surface area contributed by atoms with Crippen LogP contribution in [-0.4, -0.2) is 51.9 Å². The number of urea groups is 1. The first-order chi connectivity index (χ1) is 16.4. The molecule has 1 aliphatic carbocycles. The summed E-state index contributed by atoms with van der Waals surface area (Å²) >= 11 is 0. The zero-order valence-corrected chi connectivity index (χ0v) is 19.5. The Balaban J connectivity index is 1.46. The second kappa shape index (κ2) is 8.70. The van der Waals surface area contributed by atoms with Gasteiger partial charge in [0.05, 0.1) is 32.1 Å². The first-order valence-corrected chi connectivity index (χ1v) is 12.2. The summed E-state index contributed by atoms with van der Waals surface area (Å²) in [5.74, 6) is 0.688. The number of carbonyl (C=O) groups is 1. The Morgan fingerprint density at radius 2 is 2.21 bits per heavy atom. The van der Waals surface area contributed by atoms with Crippen LogP contribution in [0.25, 0.3) is 11.1 Å². The van der Waals surface area contributed by atoms with E-state index in [1.54, 1.807) is 19.4 Å². The molecule has 34 heavy (non-hydrogen) atoms. The minimum atomic E-state index is -3.61. The van der Waals surface area contributed by atoms with Crippen molar-refractivity contribution in [3.05, 3.63) is 47.8 Å². The van der Waals surface area contributed by atoms with Crippen LogP contribution >= 0.6 is 0 Å². The van der Waals surface area contributed by atoms with E-state index in [1.807, 2.05) is 18.2 Å². The maximum Gasteiger partial charge on any atom is 0.354 e. The van der Waals surface area contributed by atoms with Crippen LogP contribution in [0.4, 0.5) is 10.5 Å². The number of fused-ring (bicyclic) bond motifs is 2. The van der Waals surface area contributed by atoms with Crippen molar-refractivity contribution in [2.75, 3.05) is 26.1 Å². The molecule has 11 nitrogen and oxygen atoms in total. The molecule has 178 valence electrons. The molecule has 5 rings (SSSR count). The van der Waals surface area contributed by atoms with Gasteiger partial charge in [-0.2, -0.15) is 5.10 Å². The molecule has 0 unspecified atom stereocenters. The number of benzene rings is 1. The van der Waals surface area contributed by atoms with Gasteiger partial charge in [0, 0.05) is 24.9 Å². The first-order valence-electron chi connectivity index (χ1n) is 10.6. The highest BCUT2D eigenvalue weighted by atomic mass is 32.2. The number of ether oxygens (including phenoxy) is 3. The number of aromatic nitrogens is 3. The van der Waals surface area contributed by atoms with E-state index < -0.39 is 15.9 Å². The predicted molar refractivity (Wildman–Crippen MR) is 124 cm³/mol. The summed E-state index contributed by atoms with van der Waals surface area (Å²) in [4.78, 5) is 17.1. The molecule has 0 radical (unpaired) electrons. The molecule has 2 aromatic heterocycles. The van der Waals surface area contributed by atoms with Crippen LogP contribution in [0.2, 0.25) is 0 Å². The van der Waals surface area contributed by atoms with Gasteiger partial charge in [0.25, 0.3) is 0 Å². The fourth-order valence-corrected chi connectivity index (χ4v) is 5.13. The van der Waals surface area contributed by atoms with Gasteiger partial charge in [0.2, 0.25) is 11.8 Å². The molecule has 1 aromatic carbocycles. The number of nitrogens with one attached hydrogen (secondary N) is 1. The molecule has 3 N–H and O–H groups in total. The van der Waals surface area contributed by atoms with E-state index in [2.05, 4.69) is 19.8 Å². The number of hydrogen-bond donors (Lipinski definition) is 2. The topological polar surface area (TPSA) is 143 Å². The third-order valence-electron chi connectivity index (χ3n) is 5.84. The lowest BCUT2D eigenvalue weighted by Gasteiger charge is -2.25. The molecule has 1 aliphatic heterocycles. The summed E-state index contributed by atoms with van der Waals surface area (Å²) in [6.45, 7) is 0.772. The maximum atomic E-state index is 13.2. The van der Waals surface area contributed by atoms with Crippen molar-refractivity contribution in [2.45, 2.75) is 30.4 Å². The SMILES string of the molecule is COC[C@@H]1Cn2ncc([S@](N)(=O)=NC(=O)Nc3c(-c4ccnc(OC)c4)ccc4c3CC4)c2O1. The van der Waals surface area contributed by atoms with Gasteiger partial charge in [-0.15, -0.1) is 4.36 Å². The fourth-order valence-electron chi connectivity index (χ4n) is 4.13. The minimum absolute atomic E-state index is 0.0708. The molecular weight excluding hydrogens is 460 g/mol. The number of rotatable bonds is 6. The molecule has 0 saturated heterocycles. The van der Waals surface area contributed by atoms with Crippen molar-refractivity contribution in [3.63, 3.8) is 0 Å². The predicted octanol–water partition coefficient (Wildman–Crippen LogP) is 2.39. The molecule has 0 fully saturated rings. The number of anilines is 1. The van der Waals surface area contributed by atoms with Crippen molar-refractivity contribution in [3.8, 4) is 22.9 Å². The zero-order valence-electron chi connectivity index (χ0n) is 18.7. The first kappa shape index (κ1) is 22.3. The van der Waals surface area contributed by atoms with Crippen molar-refractivity contribution >= 4 is 21.6 Å². The molecule has 0 spiro atoms. The van der Waals surface area contributed by atoms with Crippen LogP contribution in [0, 0.1) is 0 Å². The van der Waals surface area contributed by atoms with Crippen LogP contribution in [-0.2, 0) is 34.0 Å². The van der Waals surface area contributed by atoms with Crippen LogP contribution < -0.4 is 19.9 Å².